The number of nitrogens with one attached hydrogen (secondary N) is 1. The second kappa shape index (κ2) is 2.73. The van der Waals surface area contributed by atoms with E-state index in [2.05, 4.69) is 23.6 Å². The molecule has 68 valence electrons. The summed E-state index contributed by atoms with van der Waals surface area (Å²) in [4.78, 5) is 11.0. The first-order valence-corrected chi connectivity index (χ1v) is 4.22. The molecule has 2 aromatic rings. The van der Waals surface area contributed by atoms with Crippen molar-refractivity contribution in [2.24, 2.45) is 0 Å². The van der Waals surface area contributed by atoms with Crippen LogP contribution in [0.4, 0.5) is 0 Å². The van der Waals surface area contributed by atoms with Crippen LogP contribution in [-0.2, 0) is 0 Å². The third kappa shape index (κ3) is 1.24. The van der Waals surface area contributed by atoms with E-state index in [1.165, 1.54) is 5.56 Å². The van der Waals surface area contributed by atoms with Crippen LogP contribution < -0.4 is 4.60 Å². The first-order chi connectivity index (χ1) is 6.18. The Morgan fingerprint density at radius 1 is 1.46 bits per heavy atom. The van der Waals surface area contributed by atoms with E-state index in [9.17, 15) is 4.91 Å². The molecule has 0 fully saturated rings. The van der Waals surface area contributed by atoms with E-state index in [0.717, 1.165) is 5.52 Å². The van der Waals surface area contributed by atoms with E-state index in [4.69, 9.17) is 0 Å². The molecule has 13 heavy (non-hydrogen) atoms. The standard InChI is InChI=1S/C9H11N2O2/c1-6(2)7-3-4-9-8(5-7)10-13-11(9)12/h3-6,10H,1-2H3/q+1. The van der Waals surface area contributed by atoms with Crippen LogP contribution in [0, 0.1) is 4.91 Å². The highest BCUT2D eigenvalue weighted by Crippen LogP contribution is 2.17. The summed E-state index contributed by atoms with van der Waals surface area (Å²) in [5.74, 6) is 0.452. The number of benzene rings is 1. The van der Waals surface area contributed by atoms with Gasteiger partial charge in [-0.1, -0.05) is 29.7 Å². The molecule has 1 N–H and O–H groups in total. The summed E-state index contributed by atoms with van der Waals surface area (Å²) in [6, 6.07) is 5.63. The number of nitrogens with zero attached hydrogens (tertiary/aromatic N) is 1. The zero-order valence-corrected chi connectivity index (χ0v) is 7.57. The smallest absolute Gasteiger partial charge is 0.0875 e. The van der Waals surface area contributed by atoms with Crippen molar-refractivity contribution >= 4 is 11.0 Å². The minimum absolute atomic E-state index is 0.452. The SMILES string of the molecule is CC(C)c1ccc2c(c1)[nH]o[n+]2=O. The predicted molar refractivity (Wildman–Crippen MR) is 48.0 cm³/mol. The van der Waals surface area contributed by atoms with Crippen molar-refractivity contribution in [3.05, 3.63) is 28.7 Å². The Balaban J connectivity index is 2.70. The number of H-pyrrole nitrogens is 1. The van der Waals surface area contributed by atoms with Crippen molar-refractivity contribution < 1.29 is 9.23 Å². The average Bonchev–Trinajstić information content (AvgIpc) is 2.47. The van der Waals surface area contributed by atoms with Gasteiger partial charge in [0.1, 0.15) is 0 Å². The molecule has 0 aliphatic carbocycles. The molecular formula is C9H11N2O2+. The Labute approximate surface area is 74.7 Å². The fourth-order valence-corrected chi connectivity index (χ4v) is 1.29. The van der Waals surface area contributed by atoms with Gasteiger partial charge in [-0.25, -0.2) is 0 Å². The largest absolute Gasteiger partial charge is 0.272 e. The monoisotopic (exact) mass is 179 g/mol. The van der Waals surface area contributed by atoms with Crippen molar-refractivity contribution in [3.8, 4) is 0 Å². The molecule has 4 nitrogen and oxygen atoms in total. The summed E-state index contributed by atoms with van der Waals surface area (Å²) in [6.07, 6.45) is 0. The summed E-state index contributed by atoms with van der Waals surface area (Å²) in [5.41, 5.74) is 2.45. The maximum absolute atomic E-state index is 11.0. The molecule has 1 aromatic heterocycles. The minimum atomic E-state index is 0.452. The topological polar surface area (TPSA) is 51.9 Å². The van der Waals surface area contributed by atoms with E-state index in [0.29, 0.717) is 16.0 Å². The lowest BCUT2D eigenvalue weighted by molar-refractivity contribution is -0.692. The quantitative estimate of drug-likeness (QED) is 0.725. The Morgan fingerprint density at radius 2 is 2.23 bits per heavy atom. The van der Waals surface area contributed by atoms with Gasteiger partial charge >= 0.3 is 0 Å². The van der Waals surface area contributed by atoms with Crippen LogP contribution in [0.1, 0.15) is 25.3 Å². The van der Waals surface area contributed by atoms with Crippen LogP contribution >= 0.6 is 0 Å². The molecule has 0 bridgehead atoms. The number of fused-ring (bicyclic) bond motifs is 1. The predicted octanol–water partition coefficient (Wildman–Crippen LogP) is 1.80. The molecule has 1 aromatic carbocycles. The molecular weight excluding hydrogens is 168 g/mol. The van der Waals surface area contributed by atoms with E-state index in [-0.39, 0.29) is 0 Å². The van der Waals surface area contributed by atoms with Gasteiger partial charge in [0, 0.05) is 0 Å². The van der Waals surface area contributed by atoms with Crippen LogP contribution in [0.2, 0.25) is 0 Å². The van der Waals surface area contributed by atoms with Crippen molar-refractivity contribution in [3.63, 3.8) is 0 Å². The van der Waals surface area contributed by atoms with E-state index < -0.39 is 0 Å². The normalized spacial score (nSPS) is 11.3. The molecule has 2 rings (SSSR count). The molecule has 0 spiro atoms. The van der Waals surface area contributed by atoms with Gasteiger partial charge in [-0.2, -0.15) is 0 Å². The molecule has 0 radical (unpaired) electrons. The third-order valence-electron chi connectivity index (χ3n) is 2.12. The Hall–Kier alpha value is -1.58. The fraction of sp³-hybridized carbons (Fsp3) is 0.333. The molecule has 4 heteroatoms. The Bertz CT molecular complexity index is 482. The van der Waals surface area contributed by atoms with E-state index >= 15 is 0 Å². The zero-order chi connectivity index (χ0) is 9.42. The van der Waals surface area contributed by atoms with Crippen molar-refractivity contribution in [2.45, 2.75) is 19.8 Å². The molecule has 0 unspecified atom stereocenters. The van der Waals surface area contributed by atoms with Gasteiger partial charge < -0.3 is 0 Å². The van der Waals surface area contributed by atoms with E-state index in [1.807, 2.05) is 12.1 Å². The molecule has 0 aliphatic rings. The Kier molecular flexibility index (Phi) is 1.69. The number of hydrogen-bond donors (Lipinski definition) is 1. The number of rotatable bonds is 1. The van der Waals surface area contributed by atoms with Crippen molar-refractivity contribution in [1.82, 2.24) is 5.16 Å². The number of aromatic amines is 1. The first-order valence-electron chi connectivity index (χ1n) is 4.22. The minimum Gasteiger partial charge on any atom is -0.0875 e. The van der Waals surface area contributed by atoms with E-state index in [1.54, 1.807) is 6.07 Å². The molecule has 0 amide bonds. The van der Waals surface area contributed by atoms with Gasteiger partial charge in [0.05, 0.1) is 0 Å². The average molecular weight is 179 g/mol. The molecule has 0 atom stereocenters. The fourth-order valence-electron chi connectivity index (χ4n) is 1.29. The second-order valence-corrected chi connectivity index (χ2v) is 3.38. The van der Waals surface area contributed by atoms with Gasteiger partial charge in [0.15, 0.2) is 4.60 Å². The zero-order valence-electron chi connectivity index (χ0n) is 7.57. The third-order valence-corrected chi connectivity index (χ3v) is 2.12. The van der Waals surface area contributed by atoms with Crippen LogP contribution in [0.15, 0.2) is 22.8 Å². The summed E-state index contributed by atoms with van der Waals surface area (Å²) in [5, 5.41) is 2.56. The van der Waals surface area contributed by atoms with Gasteiger partial charge in [0.25, 0.3) is 5.52 Å². The lowest BCUT2D eigenvalue weighted by atomic mass is 10.0. The van der Waals surface area contributed by atoms with Crippen molar-refractivity contribution in [1.29, 1.82) is 0 Å². The maximum Gasteiger partial charge on any atom is 0.272 e. The van der Waals surface area contributed by atoms with Crippen LogP contribution in [0.25, 0.3) is 11.0 Å². The highest BCUT2D eigenvalue weighted by molar-refractivity contribution is 5.70. The summed E-state index contributed by atoms with van der Waals surface area (Å²) < 4.78 is 5.06. The van der Waals surface area contributed by atoms with Crippen molar-refractivity contribution in [2.75, 3.05) is 0 Å². The van der Waals surface area contributed by atoms with Gasteiger partial charge in [-0.15, -0.1) is 0 Å². The summed E-state index contributed by atoms with van der Waals surface area (Å²) >= 11 is 0. The van der Waals surface area contributed by atoms with Crippen LogP contribution in [-0.4, -0.2) is 5.16 Å². The number of hydrogen-bond acceptors (Lipinski definition) is 2. The molecule has 1 heterocycles. The lowest BCUT2D eigenvalue weighted by Crippen LogP contribution is -2.08. The number of aromatic nitrogens is 2. The van der Waals surface area contributed by atoms with Gasteiger partial charge in [0.2, 0.25) is 5.52 Å². The highest BCUT2D eigenvalue weighted by atomic mass is 16.7. The lowest BCUT2D eigenvalue weighted by Gasteiger charge is -2.01. The molecule has 0 saturated heterocycles. The second-order valence-electron chi connectivity index (χ2n) is 3.38. The molecule has 0 saturated carbocycles. The van der Waals surface area contributed by atoms with Gasteiger partial charge in [-0.05, 0) is 28.5 Å². The first kappa shape index (κ1) is 8.04. The maximum atomic E-state index is 11.0. The summed E-state index contributed by atoms with van der Waals surface area (Å²) in [6.45, 7) is 4.21. The summed E-state index contributed by atoms with van der Waals surface area (Å²) in [7, 11) is 0. The molecule has 0 aliphatic heterocycles. The van der Waals surface area contributed by atoms with Gasteiger partial charge in [-0.3, -0.25) is 0 Å². The Morgan fingerprint density at radius 3 is 2.92 bits per heavy atom. The van der Waals surface area contributed by atoms with Crippen LogP contribution in [0.5, 0.6) is 0 Å². The highest BCUT2D eigenvalue weighted by Gasteiger charge is 2.11. The van der Waals surface area contributed by atoms with Crippen LogP contribution in [0.3, 0.4) is 0 Å².